The van der Waals surface area contributed by atoms with Crippen molar-refractivity contribution in [2.24, 2.45) is 0 Å². The Morgan fingerprint density at radius 3 is 2.47 bits per heavy atom. The van der Waals surface area contributed by atoms with Gasteiger partial charge in [-0.1, -0.05) is 6.07 Å². The highest BCUT2D eigenvalue weighted by Crippen LogP contribution is 2.13. The van der Waals surface area contributed by atoms with E-state index in [4.69, 9.17) is 0 Å². The van der Waals surface area contributed by atoms with Crippen molar-refractivity contribution in [2.45, 2.75) is 6.54 Å². The molecule has 106 valence electrons. The van der Waals surface area contributed by atoms with E-state index >= 15 is 0 Å². The van der Waals surface area contributed by atoms with Crippen molar-refractivity contribution in [2.75, 3.05) is 41.3 Å². The summed E-state index contributed by atoms with van der Waals surface area (Å²) in [6.07, 6.45) is 0. The van der Waals surface area contributed by atoms with Crippen molar-refractivity contribution < 1.29 is 13.9 Å². The van der Waals surface area contributed by atoms with Crippen molar-refractivity contribution in [1.29, 1.82) is 0 Å². The summed E-state index contributed by atoms with van der Waals surface area (Å²) in [4.78, 5) is 15.5. The van der Waals surface area contributed by atoms with Gasteiger partial charge in [-0.05, 0) is 38.8 Å². The van der Waals surface area contributed by atoms with Crippen LogP contribution in [0, 0.1) is 5.82 Å². The lowest BCUT2D eigenvalue weighted by Crippen LogP contribution is -2.28. The molecule has 0 N–H and O–H groups in total. The number of hydrogen-bond acceptors (Lipinski definition) is 4. The molecule has 4 nitrogen and oxygen atoms in total. The fraction of sp³-hybridized carbons (Fsp3) is 0.500. The Bertz CT molecular complexity index is 435. The largest absolute Gasteiger partial charge is 0.465 e. The minimum absolute atomic E-state index is 0.0257. The van der Waals surface area contributed by atoms with Crippen LogP contribution in [0.1, 0.15) is 15.9 Å². The molecule has 1 aromatic rings. The second-order valence-corrected chi connectivity index (χ2v) is 4.85. The van der Waals surface area contributed by atoms with Crippen LogP contribution in [0.4, 0.5) is 4.39 Å². The lowest BCUT2D eigenvalue weighted by molar-refractivity contribution is 0.0595. The van der Waals surface area contributed by atoms with Crippen LogP contribution in [0.3, 0.4) is 0 Å². The average molecular weight is 268 g/mol. The van der Waals surface area contributed by atoms with Gasteiger partial charge in [-0.25, -0.2) is 9.18 Å². The topological polar surface area (TPSA) is 32.8 Å². The van der Waals surface area contributed by atoms with Crippen LogP contribution in [-0.2, 0) is 11.3 Å². The van der Waals surface area contributed by atoms with Gasteiger partial charge in [-0.2, -0.15) is 0 Å². The van der Waals surface area contributed by atoms with E-state index in [0.717, 1.165) is 18.7 Å². The van der Waals surface area contributed by atoms with Crippen LogP contribution < -0.4 is 0 Å². The molecule has 0 saturated heterocycles. The highest BCUT2D eigenvalue weighted by molar-refractivity contribution is 5.89. The van der Waals surface area contributed by atoms with Crippen molar-refractivity contribution in [3.63, 3.8) is 0 Å². The van der Waals surface area contributed by atoms with Crippen molar-refractivity contribution in [3.05, 3.63) is 35.1 Å². The molecule has 0 aliphatic carbocycles. The molecule has 1 rings (SSSR count). The van der Waals surface area contributed by atoms with Gasteiger partial charge in [0.05, 0.1) is 12.7 Å². The first-order valence-electron chi connectivity index (χ1n) is 6.14. The lowest BCUT2D eigenvalue weighted by atomic mass is 10.1. The number of benzene rings is 1. The van der Waals surface area contributed by atoms with E-state index < -0.39 is 11.8 Å². The summed E-state index contributed by atoms with van der Waals surface area (Å²) in [5.74, 6) is -1.18. The molecular formula is C14H21FN2O2. The van der Waals surface area contributed by atoms with Gasteiger partial charge < -0.3 is 14.5 Å². The molecule has 0 amide bonds. The number of esters is 1. The number of methoxy groups -OCH3 is 1. The fourth-order valence-corrected chi connectivity index (χ4v) is 1.69. The quantitative estimate of drug-likeness (QED) is 0.734. The molecule has 0 radical (unpaired) electrons. The molecule has 0 bridgehead atoms. The lowest BCUT2D eigenvalue weighted by Gasteiger charge is -2.19. The number of nitrogens with zero attached hydrogens (tertiary/aromatic N) is 2. The summed E-state index contributed by atoms with van der Waals surface area (Å²) in [5.41, 5.74) is 0.814. The number of rotatable bonds is 6. The monoisotopic (exact) mass is 268 g/mol. The van der Waals surface area contributed by atoms with Crippen molar-refractivity contribution >= 4 is 5.97 Å². The van der Waals surface area contributed by atoms with Gasteiger partial charge in [0.1, 0.15) is 5.82 Å². The molecular weight excluding hydrogens is 247 g/mol. The molecule has 0 unspecified atom stereocenters. The molecule has 0 saturated carbocycles. The second kappa shape index (κ2) is 7.21. The second-order valence-electron chi connectivity index (χ2n) is 4.85. The summed E-state index contributed by atoms with van der Waals surface area (Å²) in [7, 11) is 7.25. The number of carbonyl (C=O) groups is 1. The zero-order chi connectivity index (χ0) is 14.4. The number of likely N-dealkylation sites (N-methyl/N-ethyl adjacent to an activating group) is 2. The molecule has 0 aliphatic heterocycles. The molecule has 5 heteroatoms. The maximum atomic E-state index is 13.7. The molecule has 0 heterocycles. The number of halogens is 1. The Morgan fingerprint density at radius 1 is 1.26 bits per heavy atom. The third-order valence-corrected chi connectivity index (χ3v) is 2.82. The molecule has 0 aromatic heterocycles. The standard InChI is InChI=1S/C14H21FN2O2/c1-16(2)7-8-17(3)10-11-5-6-12(13(15)9-11)14(18)19-4/h5-6,9H,7-8,10H2,1-4H3. The normalized spacial score (nSPS) is 11.1. The molecule has 0 spiro atoms. The minimum atomic E-state index is -0.648. The smallest absolute Gasteiger partial charge is 0.340 e. The Kier molecular flexibility index (Phi) is 5.92. The Labute approximate surface area is 113 Å². The summed E-state index contributed by atoms with van der Waals surface area (Å²) < 4.78 is 18.2. The van der Waals surface area contributed by atoms with E-state index in [1.165, 1.54) is 19.2 Å². The SMILES string of the molecule is COC(=O)c1ccc(CN(C)CCN(C)C)cc1F. The van der Waals surface area contributed by atoms with Gasteiger partial charge in [0.25, 0.3) is 0 Å². The predicted molar refractivity (Wildman–Crippen MR) is 72.6 cm³/mol. The highest BCUT2D eigenvalue weighted by Gasteiger charge is 2.12. The Morgan fingerprint density at radius 2 is 1.95 bits per heavy atom. The van der Waals surface area contributed by atoms with Gasteiger partial charge in [0.15, 0.2) is 0 Å². The maximum Gasteiger partial charge on any atom is 0.340 e. The molecule has 0 aliphatic rings. The van der Waals surface area contributed by atoms with Crippen LogP contribution >= 0.6 is 0 Å². The van der Waals surface area contributed by atoms with Crippen molar-refractivity contribution in [1.82, 2.24) is 9.80 Å². The molecule has 0 fully saturated rings. The number of carbonyl (C=O) groups excluding carboxylic acids is 1. The van der Waals surface area contributed by atoms with Gasteiger partial charge >= 0.3 is 5.97 Å². The summed E-state index contributed by atoms with van der Waals surface area (Å²) in [6, 6.07) is 4.61. The predicted octanol–water partition coefficient (Wildman–Crippen LogP) is 1.61. The van der Waals surface area contributed by atoms with Crippen LogP contribution in [0.25, 0.3) is 0 Å². The van der Waals surface area contributed by atoms with Gasteiger partial charge in [0, 0.05) is 19.6 Å². The summed E-state index contributed by atoms with van der Waals surface area (Å²) in [5, 5.41) is 0. The first-order valence-corrected chi connectivity index (χ1v) is 6.14. The van der Waals surface area contributed by atoms with Crippen LogP contribution in [0.15, 0.2) is 18.2 Å². The third kappa shape index (κ3) is 4.96. The zero-order valence-corrected chi connectivity index (χ0v) is 11.9. The van der Waals surface area contributed by atoms with Crippen LogP contribution in [-0.4, -0.2) is 57.1 Å². The average Bonchev–Trinajstić information content (AvgIpc) is 2.35. The Balaban J connectivity index is 2.65. The van der Waals surface area contributed by atoms with Crippen LogP contribution in [0.2, 0.25) is 0 Å². The van der Waals surface area contributed by atoms with Crippen molar-refractivity contribution in [3.8, 4) is 0 Å². The fourth-order valence-electron chi connectivity index (χ4n) is 1.69. The number of hydrogen-bond donors (Lipinski definition) is 0. The first kappa shape index (κ1) is 15.6. The van der Waals surface area contributed by atoms with E-state index in [1.54, 1.807) is 6.07 Å². The minimum Gasteiger partial charge on any atom is -0.465 e. The third-order valence-electron chi connectivity index (χ3n) is 2.82. The molecule has 19 heavy (non-hydrogen) atoms. The molecule has 1 aromatic carbocycles. The summed E-state index contributed by atoms with van der Waals surface area (Å²) in [6.45, 7) is 2.48. The van der Waals surface area contributed by atoms with Gasteiger partial charge in [0.2, 0.25) is 0 Å². The van der Waals surface area contributed by atoms with E-state index in [1.807, 2.05) is 21.1 Å². The first-order chi connectivity index (χ1) is 8.93. The zero-order valence-electron chi connectivity index (χ0n) is 11.9. The highest BCUT2D eigenvalue weighted by atomic mass is 19.1. The van der Waals surface area contributed by atoms with Gasteiger partial charge in [-0.15, -0.1) is 0 Å². The van der Waals surface area contributed by atoms with E-state index in [2.05, 4.69) is 14.5 Å². The van der Waals surface area contributed by atoms with Crippen LogP contribution in [0.5, 0.6) is 0 Å². The van der Waals surface area contributed by atoms with E-state index in [-0.39, 0.29) is 5.56 Å². The summed E-state index contributed by atoms with van der Waals surface area (Å²) >= 11 is 0. The van der Waals surface area contributed by atoms with E-state index in [0.29, 0.717) is 6.54 Å². The molecule has 0 atom stereocenters. The number of ether oxygens (including phenoxy) is 1. The van der Waals surface area contributed by atoms with E-state index in [9.17, 15) is 9.18 Å². The maximum absolute atomic E-state index is 13.7. The Hall–Kier alpha value is -1.46. The van der Waals surface area contributed by atoms with Gasteiger partial charge in [-0.3, -0.25) is 0 Å².